The van der Waals surface area contributed by atoms with Crippen LogP contribution in [-0.2, 0) is 28.8 Å². The lowest BCUT2D eigenvalue weighted by atomic mass is 9.96. The zero-order chi connectivity index (χ0) is 25.0. The monoisotopic (exact) mass is 476 g/mol. The number of Topliss-reactive ketones (excluding diaryl/α,β-unsaturated/α-hetero) is 1. The maximum absolute atomic E-state index is 12.8. The minimum absolute atomic E-state index is 0.0688. The molecular formula is C19H32N4O8S. The molecule has 0 rings (SSSR count). The average Bonchev–Trinajstić information content (AvgIpc) is 2.66. The largest absolute Gasteiger partial charge is 0.481 e. The van der Waals surface area contributed by atoms with Crippen molar-refractivity contribution in [3.63, 3.8) is 0 Å². The molecule has 12 nitrogen and oxygen atoms in total. The summed E-state index contributed by atoms with van der Waals surface area (Å²) in [4.78, 5) is 70.7. The second-order valence-electron chi connectivity index (χ2n) is 7.61. The summed E-state index contributed by atoms with van der Waals surface area (Å²) in [5.74, 6) is -5.59. The van der Waals surface area contributed by atoms with E-state index in [0.717, 1.165) is 0 Å². The number of amides is 2. The Balaban J connectivity index is 5.49. The number of hydrogen-bond acceptors (Lipinski definition) is 9. The third-order valence-corrected chi connectivity index (χ3v) is 5.26. The van der Waals surface area contributed by atoms with Crippen LogP contribution in [0.1, 0.15) is 47.0 Å². The van der Waals surface area contributed by atoms with Crippen molar-refractivity contribution in [2.24, 2.45) is 17.6 Å². The second-order valence-corrected chi connectivity index (χ2v) is 8.63. The molecule has 0 aliphatic heterocycles. The Labute approximate surface area is 190 Å². The van der Waals surface area contributed by atoms with Gasteiger partial charge in [-0.1, -0.05) is 13.8 Å². The van der Waals surface area contributed by atoms with Gasteiger partial charge in [0.05, 0.1) is 12.5 Å². The van der Waals surface area contributed by atoms with Crippen molar-refractivity contribution >= 4 is 46.6 Å². The molecule has 4 atom stereocenters. The SMILES string of the molecule is CC(=O)SN[C@@H](CCC(CN)C(C)=O)C(=O)N[C@@H](CC(=O)O)C(=O)N[C@H](C(=O)O)C(C)C. The summed E-state index contributed by atoms with van der Waals surface area (Å²) < 4.78 is 2.64. The molecule has 0 radical (unpaired) electrons. The van der Waals surface area contributed by atoms with Gasteiger partial charge in [-0.25, -0.2) is 9.52 Å². The van der Waals surface area contributed by atoms with Gasteiger partial charge in [0.15, 0.2) is 0 Å². The quantitative estimate of drug-likeness (QED) is 0.162. The van der Waals surface area contributed by atoms with Gasteiger partial charge in [-0.2, -0.15) is 0 Å². The van der Waals surface area contributed by atoms with Gasteiger partial charge >= 0.3 is 11.9 Å². The number of carboxylic acid groups (broad SMARTS) is 2. The molecule has 13 heteroatoms. The van der Waals surface area contributed by atoms with Crippen LogP contribution in [0.3, 0.4) is 0 Å². The lowest BCUT2D eigenvalue weighted by molar-refractivity contribution is -0.144. The van der Waals surface area contributed by atoms with Gasteiger partial charge in [-0.15, -0.1) is 0 Å². The molecule has 7 N–H and O–H groups in total. The molecule has 0 saturated heterocycles. The topological polar surface area (TPSA) is 205 Å². The fourth-order valence-electron chi connectivity index (χ4n) is 2.68. The molecule has 0 aromatic carbocycles. The summed E-state index contributed by atoms with van der Waals surface area (Å²) in [6.45, 7) is 5.82. The van der Waals surface area contributed by atoms with Crippen molar-refractivity contribution in [2.75, 3.05) is 6.54 Å². The summed E-state index contributed by atoms with van der Waals surface area (Å²) in [6.07, 6.45) is -0.480. The molecule has 0 aromatic heterocycles. The van der Waals surface area contributed by atoms with Crippen molar-refractivity contribution in [1.29, 1.82) is 0 Å². The van der Waals surface area contributed by atoms with Crippen LogP contribution in [0.5, 0.6) is 0 Å². The summed E-state index contributed by atoms with van der Waals surface area (Å²) in [6, 6.07) is -3.87. The fourth-order valence-corrected chi connectivity index (χ4v) is 3.21. The number of carbonyl (C=O) groups excluding carboxylic acids is 4. The van der Waals surface area contributed by atoms with Gasteiger partial charge in [0.1, 0.15) is 17.9 Å². The van der Waals surface area contributed by atoms with Crippen LogP contribution in [0, 0.1) is 11.8 Å². The Bertz CT molecular complexity index is 715. The smallest absolute Gasteiger partial charge is 0.326 e. The molecule has 1 unspecified atom stereocenters. The first-order valence-corrected chi connectivity index (χ1v) is 10.8. The highest BCUT2D eigenvalue weighted by Crippen LogP contribution is 2.12. The molecule has 0 saturated carbocycles. The van der Waals surface area contributed by atoms with Crippen molar-refractivity contribution in [1.82, 2.24) is 15.4 Å². The second kappa shape index (κ2) is 14.5. The molecule has 0 aromatic rings. The van der Waals surface area contributed by atoms with Gasteiger partial charge in [-0.3, -0.25) is 24.0 Å². The summed E-state index contributed by atoms with van der Waals surface area (Å²) in [7, 11) is 0. The highest BCUT2D eigenvalue weighted by molar-refractivity contribution is 8.11. The minimum Gasteiger partial charge on any atom is -0.481 e. The van der Waals surface area contributed by atoms with Crippen molar-refractivity contribution in [2.45, 2.75) is 65.1 Å². The Morgan fingerprint density at radius 3 is 1.88 bits per heavy atom. The first kappa shape index (κ1) is 29.5. The lowest BCUT2D eigenvalue weighted by Crippen LogP contribution is -2.56. The third-order valence-electron chi connectivity index (χ3n) is 4.57. The maximum atomic E-state index is 12.8. The molecular weight excluding hydrogens is 444 g/mol. The van der Waals surface area contributed by atoms with E-state index in [9.17, 15) is 33.9 Å². The number of aliphatic carboxylic acids is 2. The van der Waals surface area contributed by atoms with E-state index in [4.69, 9.17) is 10.8 Å². The number of carbonyl (C=O) groups is 6. The molecule has 32 heavy (non-hydrogen) atoms. The Hall–Kier alpha value is -2.51. The molecule has 0 aliphatic carbocycles. The van der Waals surface area contributed by atoms with Crippen LogP contribution >= 0.6 is 11.9 Å². The van der Waals surface area contributed by atoms with E-state index < -0.39 is 60.1 Å². The van der Waals surface area contributed by atoms with E-state index in [0.29, 0.717) is 11.9 Å². The van der Waals surface area contributed by atoms with Crippen molar-refractivity contribution < 1.29 is 39.0 Å². The molecule has 0 fully saturated rings. The number of hydrogen-bond donors (Lipinski definition) is 6. The fraction of sp³-hybridized carbons (Fsp3) is 0.684. The molecule has 0 aliphatic rings. The molecule has 2 amide bonds. The maximum Gasteiger partial charge on any atom is 0.326 e. The first-order valence-electron chi connectivity index (χ1n) is 9.98. The predicted octanol–water partition coefficient (Wildman–Crippen LogP) is -0.732. The van der Waals surface area contributed by atoms with E-state index in [1.807, 2.05) is 0 Å². The van der Waals surface area contributed by atoms with Crippen LogP contribution in [0.2, 0.25) is 0 Å². The van der Waals surface area contributed by atoms with Crippen LogP contribution in [-0.4, -0.2) is 69.5 Å². The molecule has 182 valence electrons. The van der Waals surface area contributed by atoms with Gasteiger partial charge in [0.25, 0.3) is 0 Å². The Kier molecular flexibility index (Phi) is 13.4. The summed E-state index contributed by atoms with van der Waals surface area (Å²) in [5, 5.41) is 22.5. The first-order chi connectivity index (χ1) is 14.8. The van der Waals surface area contributed by atoms with E-state index >= 15 is 0 Å². The lowest BCUT2D eigenvalue weighted by Gasteiger charge is -2.25. The van der Waals surface area contributed by atoms with E-state index in [-0.39, 0.29) is 30.3 Å². The molecule has 0 spiro atoms. The van der Waals surface area contributed by atoms with Gasteiger partial charge < -0.3 is 26.6 Å². The van der Waals surface area contributed by atoms with Crippen LogP contribution < -0.4 is 21.1 Å². The van der Waals surface area contributed by atoms with Crippen LogP contribution in [0.25, 0.3) is 0 Å². The van der Waals surface area contributed by atoms with Gasteiger partial charge in [-0.05, 0) is 37.6 Å². The molecule has 0 bridgehead atoms. The van der Waals surface area contributed by atoms with E-state index in [1.165, 1.54) is 13.8 Å². The van der Waals surface area contributed by atoms with E-state index in [1.54, 1.807) is 13.8 Å². The number of nitrogens with one attached hydrogen (secondary N) is 3. The van der Waals surface area contributed by atoms with Crippen LogP contribution in [0.15, 0.2) is 0 Å². The number of nitrogens with two attached hydrogens (primary N) is 1. The number of rotatable bonds is 15. The summed E-state index contributed by atoms with van der Waals surface area (Å²) >= 11 is 0.643. The number of ketones is 1. The normalized spacial score (nSPS) is 14.7. The predicted molar refractivity (Wildman–Crippen MR) is 116 cm³/mol. The zero-order valence-electron chi connectivity index (χ0n) is 18.5. The standard InChI is InChI=1S/C19H32N4O8S/c1-9(2)16(19(30)31)22-18(29)14(7-15(26)27)21-17(28)13(23-32-11(4)25)6-5-12(8-20)10(3)24/h9,12-14,16,23H,5-8,20H2,1-4H3,(H,21,28)(H,22,29)(H,26,27)(H,30,31)/t12?,13-,14-,16-/m0/s1. The van der Waals surface area contributed by atoms with Gasteiger partial charge in [0.2, 0.25) is 16.9 Å². The highest BCUT2D eigenvalue weighted by Gasteiger charge is 2.32. The summed E-state index contributed by atoms with van der Waals surface area (Å²) in [5.41, 5.74) is 5.56. The van der Waals surface area contributed by atoms with Crippen molar-refractivity contribution in [3.8, 4) is 0 Å². The third kappa shape index (κ3) is 11.2. The van der Waals surface area contributed by atoms with E-state index in [2.05, 4.69) is 15.4 Å². The highest BCUT2D eigenvalue weighted by atomic mass is 32.2. The Morgan fingerprint density at radius 2 is 1.47 bits per heavy atom. The zero-order valence-corrected chi connectivity index (χ0v) is 19.4. The number of carboxylic acids is 2. The minimum atomic E-state index is -1.55. The van der Waals surface area contributed by atoms with Gasteiger partial charge in [0, 0.05) is 19.4 Å². The average molecular weight is 477 g/mol. The van der Waals surface area contributed by atoms with Crippen molar-refractivity contribution in [3.05, 3.63) is 0 Å². The molecule has 0 heterocycles. The van der Waals surface area contributed by atoms with Crippen LogP contribution in [0.4, 0.5) is 0 Å². The Morgan fingerprint density at radius 1 is 0.906 bits per heavy atom.